The van der Waals surface area contributed by atoms with E-state index in [4.69, 9.17) is 4.74 Å². The number of rotatable bonds is 5. The lowest BCUT2D eigenvalue weighted by atomic mass is 10.1. The van der Waals surface area contributed by atoms with Gasteiger partial charge in [0.1, 0.15) is 0 Å². The third kappa shape index (κ3) is 4.37. The predicted octanol–water partition coefficient (Wildman–Crippen LogP) is 2.71. The van der Waals surface area contributed by atoms with Crippen LogP contribution in [-0.2, 0) is 4.74 Å². The van der Waals surface area contributed by atoms with E-state index in [1.807, 2.05) is 42.5 Å². The molecule has 0 saturated heterocycles. The maximum Gasteiger partial charge on any atom is 0.407 e. The summed E-state index contributed by atoms with van der Waals surface area (Å²) in [5, 5.41) is 10.0. The van der Waals surface area contributed by atoms with Crippen molar-refractivity contribution >= 4 is 28.6 Å². The van der Waals surface area contributed by atoms with Gasteiger partial charge < -0.3 is 20.7 Å². The normalized spacial score (nSPS) is 10.0. The number of alkyl carbamates (subject to hydrolysis) is 1. The molecule has 3 amide bonds. The largest absolute Gasteiger partial charge is 0.450 e. The van der Waals surface area contributed by atoms with Crippen molar-refractivity contribution in [1.29, 1.82) is 0 Å². The Balaban J connectivity index is 1.83. The number of amides is 3. The average molecular weight is 301 g/mol. The lowest BCUT2D eigenvalue weighted by Gasteiger charge is -2.10. The minimum atomic E-state index is -0.487. The van der Waals surface area contributed by atoms with Gasteiger partial charge in [0, 0.05) is 18.5 Å². The number of benzene rings is 2. The Kier molecular flexibility index (Phi) is 5.59. The van der Waals surface area contributed by atoms with Crippen LogP contribution in [0.5, 0.6) is 0 Å². The fourth-order valence-corrected chi connectivity index (χ4v) is 2.02. The lowest BCUT2D eigenvalue weighted by molar-refractivity contribution is 0.152. The third-order valence-corrected chi connectivity index (χ3v) is 2.99. The van der Waals surface area contributed by atoms with Crippen molar-refractivity contribution < 1.29 is 14.3 Å². The molecule has 0 spiro atoms. The van der Waals surface area contributed by atoms with Crippen LogP contribution in [0.4, 0.5) is 15.3 Å². The maximum atomic E-state index is 11.9. The summed E-state index contributed by atoms with van der Waals surface area (Å²) in [5.74, 6) is 0. The number of hydrogen-bond acceptors (Lipinski definition) is 3. The Morgan fingerprint density at radius 3 is 2.55 bits per heavy atom. The highest BCUT2D eigenvalue weighted by Gasteiger charge is 2.05. The smallest absolute Gasteiger partial charge is 0.407 e. The molecule has 0 bridgehead atoms. The summed E-state index contributed by atoms with van der Waals surface area (Å²) in [6, 6.07) is 13.2. The van der Waals surface area contributed by atoms with E-state index in [9.17, 15) is 9.59 Å². The summed E-state index contributed by atoms with van der Waals surface area (Å²) >= 11 is 0. The van der Waals surface area contributed by atoms with Gasteiger partial charge in [-0.05, 0) is 18.4 Å². The van der Waals surface area contributed by atoms with E-state index in [2.05, 4.69) is 16.0 Å². The first-order valence-corrected chi connectivity index (χ1v) is 7.14. The second-order valence-electron chi connectivity index (χ2n) is 4.55. The van der Waals surface area contributed by atoms with Crippen LogP contribution in [0.15, 0.2) is 42.5 Å². The number of carbonyl (C=O) groups excluding carboxylic acids is 2. The van der Waals surface area contributed by atoms with Gasteiger partial charge in [0.15, 0.2) is 0 Å². The molecule has 116 valence electrons. The van der Waals surface area contributed by atoms with Gasteiger partial charge in [-0.1, -0.05) is 36.4 Å². The molecule has 0 heterocycles. The van der Waals surface area contributed by atoms with Crippen molar-refractivity contribution in [3.63, 3.8) is 0 Å². The van der Waals surface area contributed by atoms with Gasteiger partial charge >= 0.3 is 12.1 Å². The van der Waals surface area contributed by atoms with Gasteiger partial charge in [0.25, 0.3) is 0 Å². The molecule has 6 nitrogen and oxygen atoms in total. The van der Waals surface area contributed by atoms with Crippen molar-refractivity contribution in [2.24, 2.45) is 0 Å². The molecule has 0 unspecified atom stereocenters. The Morgan fingerprint density at radius 2 is 1.73 bits per heavy atom. The molecule has 0 atom stereocenters. The van der Waals surface area contributed by atoms with Gasteiger partial charge in [0.2, 0.25) is 0 Å². The highest BCUT2D eigenvalue weighted by molar-refractivity contribution is 6.01. The first kappa shape index (κ1) is 15.6. The standard InChI is InChI=1S/C16H19N3O3/c1-2-22-16(21)18-11-10-17-15(20)19-14-9-5-7-12-6-3-4-8-13(12)14/h3-9H,2,10-11H2,1H3,(H,18,21)(H2,17,19,20). The van der Waals surface area contributed by atoms with Crippen LogP contribution in [0.2, 0.25) is 0 Å². The molecule has 0 fully saturated rings. The molecule has 0 aliphatic heterocycles. The highest BCUT2D eigenvalue weighted by atomic mass is 16.5. The molecular formula is C16H19N3O3. The average Bonchev–Trinajstić information content (AvgIpc) is 2.52. The van der Waals surface area contributed by atoms with E-state index in [1.54, 1.807) is 6.92 Å². The molecule has 0 aliphatic rings. The van der Waals surface area contributed by atoms with E-state index < -0.39 is 6.09 Å². The van der Waals surface area contributed by atoms with Crippen LogP contribution >= 0.6 is 0 Å². The van der Waals surface area contributed by atoms with Crippen molar-refractivity contribution in [3.05, 3.63) is 42.5 Å². The quantitative estimate of drug-likeness (QED) is 0.743. The Hall–Kier alpha value is -2.76. The van der Waals surface area contributed by atoms with Crippen LogP contribution in [0.1, 0.15) is 6.92 Å². The van der Waals surface area contributed by atoms with Crippen molar-refractivity contribution in [2.75, 3.05) is 25.0 Å². The first-order chi connectivity index (χ1) is 10.7. The Bertz CT molecular complexity index is 653. The summed E-state index contributed by atoms with van der Waals surface area (Å²) < 4.78 is 4.71. The molecule has 22 heavy (non-hydrogen) atoms. The zero-order chi connectivity index (χ0) is 15.8. The molecule has 2 aromatic carbocycles. The van der Waals surface area contributed by atoms with Gasteiger partial charge in [-0.25, -0.2) is 9.59 Å². The van der Waals surface area contributed by atoms with E-state index in [0.29, 0.717) is 19.7 Å². The van der Waals surface area contributed by atoms with E-state index in [0.717, 1.165) is 16.5 Å². The maximum absolute atomic E-state index is 11.9. The molecule has 6 heteroatoms. The highest BCUT2D eigenvalue weighted by Crippen LogP contribution is 2.22. The second kappa shape index (κ2) is 7.87. The number of urea groups is 1. The van der Waals surface area contributed by atoms with Crippen LogP contribution in [0.3, 0.4) is 0 Å². The number of ether oxygens (including phenoxy) is 1. The Morgan fingerprint density at radius 1 is 1.00 bits per heavy atom. The minimum absolute atomic E-state index is 0.307. The molecule has 0 aliphatic carbocycles. The molecular weight excluding hydrogens is 282 g/mol. The predicted molar refractivity (Wildman–Crippen MR) is 86.0 cm³/mol. The molecule has 3 N–H and O–H groups in total. The third-order valence-electron chi connectivity index (χ3n) is 2.99. The number of fused-ring (bicyclic) bond motifs is 1. The molecule has 0 radical (unpaired) electrons. The van der Waals surface area contributed by atoms with Crippen molar-refractivity contribution in [3.8, 4) is 0 Å². The van der Waals surface area contributed by atoms with Crippen molar-refractivity contribution in [2.45, 2.75) is 6.92 Å². The van der Waals surface area contributed by atoms with Crippen LogP contribution in [-0.4, -0.2) is 31.8 Å². The summed E-state index contributed by atoms with van der Waals surface area (Å²) in [6.07, 6.45) is -0.487. The van der Waals surface area contributed by atoms with Crippen molar-refractivity contribution in [1.82, 2.24) is 10.6 Å². The Labute approximate surface area is 128 Å². The van der Waals surface area contributed by atoms with Gasteiger partial charge in [-0.2, -0.15) is 0 Å². The van der Waals surface area contributed by atoms with Gasteiger partial charge in [-0.15, -0.1) is 0 Å². The zero-order valence-electron chi connectivity index (χ0n) is 12.4. The molecule has 0 aromatic heterocycles. The number of carbonyl (C=O) groups is 2. The lowest BCUT2D eigenvalue weighted by Crippen LogP contribution is -2.37. The van der Waals surface area contributed by atoms with E-state index >= 15 is 0 Å². The summed E-state index contributed by atoms with van der Waals surface area (Å²) in [6.45, 7) is 2.67. The van der Waals surface area contributed by atoms with Crippen LogP contribution in [0, 0.1) is 0 Å². The zero-order valence-corrected chi connectivity index (χ0v) is 12.4. The van der Waals surface area contributed by atoms with Crippen LogP contribution < -0.4 is 16.0 Å². The molecule has 0 saturated carbocycles. The molecule has 2 rings (SSSR count). The van der Waals surface area contributed by atoms with Crippen LogP contribution in [0.25, 0.3) is 10.8 Å². The summed E-state index contributed by atoms with van der Waals surface area (Å²) in [4.78, 5) is 22.9. The fraction of sp³-hybridized carbons (Fsp3) is 0.250. The fourth-order valence-electron chi connectivity index (χ4n) is 2.02. The second-order valence-corrected chi connectivity index (χ2v) is 4.55. The topological polar surface area (TPSA) is 79.5 Å². The van der Waals surface area contributed by atoms with Gasteiger partial charge in [0.05, 0.1) is 12.3 Å². The van der Waals surface area contributed by atoms with E-state index in [-0.39, 0.29) is 6.03 Å². The molecule has 2 aromatic rings. The first-order valence-electron chi connectivity index (χ1n) is 7.14. The number of hydrogen-bond donors (Lipinski definition) is 3. The van der Waals surface area contributed by atoms with Gasteiger partial charge in [-0.3, -0.25) is 0 Å². The SMILES string of the molecule is CCOC(=O)NCCNC(=O)Nc1cccc2ccccc12. The number of anilines is 1. The minimum Gasteiger partial charge on any atom is -0.450 e. The summed E-state index contributed by atoms with van der Waals surface area (Å²) in [7, 11) is 0. The van der Waals surface area contributed by atoms with E-state index in [1.165, 1.54) is 0 Å². The number of nitrogens with one attached hydrogen (secondary N) is 3. The monoisotopic (exact) mass is 301 g/mol. The summed E-state index contributed by atoms with van der Waals surface area (Å²) in [5.41, 5.74) is 0.744.